The van der Waals surface area contributed by atoms with Gasteiger partial charge in [-0.15, -0.1) is 0 Å². The lowest BCUT2D eigenvalue weighted by molar-refractivity contribution is 1.11. The van der Waals surface area contributed by atoms with Gasteiger partial charge in [0, 0.05) is 19.5 Å². The molecule has 0 fully saturated rings. The number of hydrogen-bond donors (Lipinski definition) is 0. The average Bonchev–Trinajstić information content (AvgIpc) is 2.73. The molecule has 1 aromatic heterocycles. The van der Waals surface area contributed by atoms with E-state index in [0.29, 0.717) is 0 Å². The van der Waals surface area contributed by atoms with Crippen LogP contribution in [-0.4, -0.2) is 19.1 Å². The topological polar surface area (TPSA) is 16.1 Å². The van der Waals surface area contributed by atoms with Crippen LogP contribution in [0, 0.1) is 0 Å². The molecule has 0 atom stereocenters. The summed E-state index contributed by atoms with van der Waals surface area (Å²) in [7, 11) is 4.06. The van der Waals surface area contributed by atoms with Crippen LogP contribution < -0.4 is 4.90 Å². The monoisotopic (exact) mass is 228 g/mol. The SMILES string of the molecule is CN(C)c1nc2c(ccc3ccccc32)s1. The highest BCUT2D eigenvalue weighted by atomic mass is 32.1. The van der Waals surface area contributed by atoms with Crippen molar-refractivity contribution in [3.8, 4) is 0 Å². The quantitative estimate of drug-likeness (QED) is 0.633. The van der Waals surface area contributed by atoms with Gasteiger partial charge in [0.1, 0.15) is 0 Å². The molecular formula is C13H12N2S. The van der Waals surface area contributed by atoms with Gasteiger partial charge >= 0.3 is 0 Å². The molecule has 0 unspecified atom stereocenters. The third kappa shape index (κ3) is 1.36. The van der Waals surface area contributed by atoms with E-state index < -0.39 is 0 Å². The Labute approximate surface area is 98.1 Å². The summed E-state index contributed by atoms with van der Waals surface area (Å²) in [6.45, 7) is 0. The Bertz CT molecular complexity index is 655. The maximum absolute atomic E-state index is 4.68. The number of benzene rings is 2. The number of aromatic nitrogens is 1. The van der Waals surface area contributed by atoms with E-state index in [0.717, 1.165) is 10.6 Å². The summed E-state index contributed by atoms with van der Waals surface area (Å²) in [6.07, 6.45) is 0. The summed E-state index contributed by atoms with van der Waals surface area (Å²) in [5.41, 5.74) is 1.12. The zero-order valence-electron chi connectivity index (χ0n) is 9.27. The first-order valence-electron chi connectivity index (χ1n) is 5.21. The smallest absolute Gasteiger partial charge is 0.185 e. The normalized spacial score (nSPS) is 11.1. The average molecular weight is 228 g/mol. The Balaban J connectivity index is 2.41. The minimum Gasteiger partial charge on any atom is -0.354 e. The summed E-state index contributed by atoms with van der Waals surface area (Å²) in [5, 5.41) is 3.56. The summed E-state index contributed by atoms with van der Waals surface area (Å²) >= 11 is 1.74. The predicted octanol–water partition coefficient (Wildman–Crippen LogP) is 3.52. The lowest BCUT2D eigenvalue weighted by Crippen LogP contribution is -2.07. The Morgan fingerprint density at radius 1 is 1.06 bits per heavy atom. The molecule has 2 aromatic carbocycles. The Morgan fingerprint density at radius 3 is 2.69 bits per heavy atom. The summed E-state index contributed by atoms with van der Waals surface area (Å²) in [6, 6.07) is 12.7. The van der Waals surface area contributed by atoms with Gasteiger partial charge in [0.15, 0.2) is 5.13 Å². The zero-order valence-corrected chi connectivity index (χ0v) is 10.1. The van der Waals surface area contributed by atoms with Crippen molar-refractivity contribution in [1.29, 1.82) is 0 Å². The van der Waals surface area contributed by atoms with Gasteiger partial charge in [0.05, 0.1) is 10.2 Å². The fraction of sp³-hybridized carbons (Fsp3) is 0.154. The molecule has 0 saturated heterocycles. The van der Waals surface area contributed by atoms with E-state index in [1.54, 1.807) is 11.3 Å². The number of fused-ring (bicyclic) bond motifs is 3. The summed E-state index contributed by atoms with van der Waals surface area (Å²) < 4.78 is 1.25. The van der Waals surface area contributed by atoms with Crippen LogP contribution in [0.3, 0.4) is 0 Å². The highest BCUT2D eigenvalue weighted by Crippen LogP contribution is 2.32. The summed E-state index contributed by atoms with van der Waals surface area (Å²) in [5.74, 6) is 0. The van der Waals surface area contributed by atoms with Crippen molar-refractivity contribution in [3.63, 3.8) is 0 Å². The highest BCUT2D eigenvalue weighted by molar-refractivity contribution is 7.22. The van der Waals surface area contributed by atoms with Crippen LogP contribution in [0.2, 0.25) is 0 Å². The van der Waals surface area contributed by atoms with Crippen molar-refractivity contribution in [3.05, 3.63) is 36.4 Å². The summed E-state index contributed by atoms with van der Waals surface area (Å²) in [4.78, 5) is 6.74. The molecule has 1 heterocycles. The van der Waals surface area contributed by atoms with Crippen LogP contribution in [0.25, 0.3) is 21.0 Å². The van der Waals surface area contributed by atoms with Gasteiger partial charge < -0.3 is 4.90 Å². The third-order valence-corrected chi connectivity index (χ3v) is 3.84. The van der Waals surface area contributed by atoms with Gasteiger partial charge in [-0.25, -0.2) is 4.98 Å². The molecule has 16 heavy (non-hydrogen) atoms. The molecule has 0 aliphatic rings. The number of rotatable bonds is 1. The Hall–Kier alpha value is -1.61. The molecule has 0 radical (unpaired) electrons. The number of thiazole rings is 1. The largest absolute Gasteiger partial charge is 0.354 e. The molecule has 0 aliphatic carbocycles. The van der Waals surface area contributed by atoms with Crippen molar-refractivity contribution < 1.29 is 0 Å². The fourth-order valence-corrected chi connectivity index (χ4v) is 2.75. The minimum absolute atomic E-state index is 1.06. The van der Waals surface area contributed by atoms with Crippen LogP contribution in [0.15, 0.2) is 36.4 Å². The highest BCUT2D eigenvalue weighted by Gasteiger charge is 2.07. The number of anilines is 1. The standard InChI is InChI=1S/C13H12N2S/c1-15(2)13-14-12-10-6-4-3-5-9(10)7-8-11(12)16-13/h3-8H,1-2H3. The molecule has 3 rings (SSSR count). The molecule has 0 spiro atoms. The molecule has 0 bridgehead atoms. The Morgan fingerprint density at radius 2 is 1.88 bits per heavy atom. The molecule has 0 amide bonds. The molecule has 0 saturated carbocycles. The van der Waals surface area contributed by atoms with Crippen LogP contribution in [0.4, 0.5) is 5.13 Å². The van der Waals surface area contributed by atoms with E-state index >= 15 is 0 Å². The van der Waals surface area contributed by atoms with Crippen molar-refractivity contribution in [2.45, 2.75) is 0 Å². The van der Waals surface area contributed by atoms with Crippen molar-refractivity contribution in [2.24, 2.45) is 0 Å². The second-order valence-electron chi connectivity index (χ2n) is 4.02. The lowest BCUT2D eigenvalue weighted by atomic mass is 10.1. The molecule has 0 N–H and O–H groups in total. The maximum atomic E-state index is 4.68. The van der Waals surface area contributed by atoms with Gasteiger partial charge in [-0.1, -0.05) is 41.7 Å². The number of nitrogens with zero attached hydrogens (tertiary/aromatic N) is 2. The second-order valence-corrected chi connectivity index (χ2v) is 5.03. The zero-order chi connectivity index (χ0) is 11.1. The maximum Gasteiger partial charge on any atom is 0.185 e. The predicted molar refractivity (Wildman–Crippen MR) is 71.5 cm³/mol. The first-order chi connectivity index (χ1) is 7.75. The van der Waals surface area contributed by atoms with Crippen LogP contribution in [0.1, 0.15) is 0 Å². The van der Waals surface area contributed by atoms with E-state index in [-0.39, 0.29) is 0 Å². The van der Waals surface area contributed by atoms with E-state index in [4.69, 9.17) is 0 Å². The van der Waals surface area contributed by atoms with Gasteiger partial charge in [0.2, 0.25) is 0 Å². The lowest BCUT2D eigenvalue weighted by Gasteiger charge is -2.04. The van der Waals surface area contributed by atoms with Gasteiger partial charge in [-0.3, -0.25) is 0 Å². The van der Waals surface area contributed by atoms with Crippen LogP contribution in [0.5, 0.6) is 0 Å². The van der Waals surface area contributed by atoms with E-state index in [1.165, 1.54) is 15.5 Å². The molecule has 2 nitrogen and oxygen atoms in total. The Kier molecular flexibility index (Phi) is 2.07. The molecular weight excluding hydrogens is 216 g/mol. The first-order valence-corrected chi connectivity index (χ1v) is 6.03. The van der Waals surface area contributed by atoms with E-state index in [2.05, 4.69) is 46.3 Å². The van der Waals surface area contributed by atoms with Crippen molar-refractivity contribution in [2.75, 3.05) is 19.0 Å². The number of hydrogen-bond acceptors (Lipinski definition) is 3. The first kappa shape index (κ1) is 9.60. The van der Waals surface area contributed by atoms with Crippen molar-refractivity contribution in [1.82, 2.24) is 4.98 Å². The molecule has 3 heteroatoms. The van der Waals surface area contributed by atoms with E-state index in [9.17, 15) is 0 Å². The van der Waals surface area contributed by atoms with Crippen LogP contribution >= 0.6 is 11.3 Å². The fourth-order valence-electron chi connectivity index (χ4n) is 1.84. The second kappa shape index (κ2) is 3.46. The van der Waals surface area contributed by atoms with E-state index in [1.807, 2.05) is 14.1 Å². The third-order valence-electron chi connectivity index (χ3n) is 2.65. The molecule has 80 valence electrons. The van der Waals surface area contributed by atoms with Gasteiger partial charge in [-0.2, -0.15) is 0 Å². The van der Waals surface area contributed by atoms with Gasteiger partial charge in [-0.05, 0) is 11.5 Å². The van der Waals surface area contributed by atoms with Gasteiger partial charge in [0.25, 0.3) is 0 Å². The minimum atomic E-state index is 1.06. The van der Waals surface area contributed by atoms with Crippen LogP contribution in [-0.2, 0) is 0 Å². The van der Waals surface area contributed by atoms with Crippen molar-refractivity contribution >= 4 is 37.5 Å². The molecule has 0 aliphatic heterocycles. The molecule has 3 aromatic rings.